The molecule has 0 bridgehead atoms. The van der Waals surface area contributed by atoms with Crippen molar-refractivity contribution in [1.29, 1.82) is 0 Å². The Morgan fingerprint density at radius 3 is 2.40 bits per heavy atom. The minimum atomic E-state index is -0.429. The van der Waals surface area contributed by atoms with Crippen LogP contribution in [0.2, 0.25) is 5.02 Å². The van der Waals surface area contributed by atoms with Crippen molar-refractivity contribution in [2.45, 2.75) is 26.1 Å². The first-order chi connectivity index (χ1) is 14.1. The summed E-state index contributed by atoms with van der Waals surface area (Å²) in [5.41, 5.74) is 7.95. The Balaban J connectivity index is 0.00000256. The van der Waals surface area contributed by atoms with Crippen molar-refractivity contribution in [2.24, 2.45) is 15.7 Å². The number of halogens is 2. The van der Waals surface area contributed by atoms with E-state index in [4.69, 9.17) is 22.1 Å². The van der Waals surface area contributed by atoms with Crippen molar-refractivity contribution in [2.75, 3.05) is 29.9 Å². The van der Waals surface area contributed by atoms with Crippen LogP contribution in [-0.2, 0) is 0 Å². The van der Waals surface area contributed by atoms with Gasteiger partial charge in [-0.15, -0.1) is 12.4 Å². The molecule has 0 spiro atoms. The molecule has 1 unspecified atom stereocenters. The number of nitrogens with two attached hydrogens (primary N) is 1. The molecule has 0 amide bonds. The third-order valence-electron chi connectivity index (χ3n) is 4.88. The molecule has 7 nitrogen and oxygen atoms in total. The highest BCUT2D eigenvalue weighted by atomic mass is 35.5. The normalized spacial score (nSPS) is 18.4. The number of likely N-dealkylation sites (tertiary alicyclic amines) is 1. The van der Waals surface area contributed by atoms with Gasteiger partial charge in [0.15, 0.2) is 0 Å². The number of nitrogens with zero attached hydrogens (tertiary/aromatic N) is 4. The summed E-state index contributed by atoms with van der Waals surface area (Å²) in [6, 6.07) is 15.5. The summed E-state index contributed by atoms with van der Waals surface area (Å²) in [4.78, 5) is 13.5. The summed E-state index contributed by atoms with van der Waals surface area (Å²) in [5, 5.41) is 4.13. The van der Waals surface area contributed by atoms with E-state index in [1.165, 1.54) is 0 Å². The van der Waals surface area contributed by atoms with Crippen LogP contribution < -0.4 is 20.7 Å². The van der Waals surface area contributed by atoms with Gasteiger partial charge in [-0.1, -0.05) is 11.6 Å². The Bertz CT molecular complexity index is 895. The Morgan fingerprint density at radius 2 is 1.77 bits per heavy atom. The number of aliphatic imine (C=N–C) groups is 2. The number of rotatable bonds is 5. The van der Waals surface area contributed by atoms with E-state index in [1.807, 2.05) is 55.5 Å². The van der Waals surface area contributed by atoms with Crippen LogP contribution in [0.4, 0.5) is 11.4 Å². The summed E-state index contributed by atoms with van der Waals surface area (Å²) in [7, 11) is 0. The van der Waals surface area contributed by atoms with Crippen LogP contribution >= 0.6 is 24.0 Å². The smallest absolute Gasteiger partial charge is 0.222 e. The Labute approximate surface area is 188 Å². The molecule has 30 heavy (non-hydrogen) atoms. The maximum absolute atomic E-state index is 6.09. The molecular formula is C21H26Cl2N6O. The monoisotopic (exact) mass is 448 g/mol. The lowest BCUT2D eigenvalue weighted by Gasteiger charge is -2.38. The van der Waals surface area contributed by atoms with Gasteiger partial charge in [0.1, 0.15) is 5.75 Å². The fourth-order valence-electron chi connectivity index (χ4n) is 3.54. The second-order valence-electron chi connectivity index (χ2n) is 6.92. The average Bonchev–Trinajstić information content (AvgIpc) is 3.25. The lowest BCUT2D eigenvalue weighted by molar-refractivity contribution is 0.340. The van der Waals surface area contributed by atoms with E-state index >= 15 is 0 Å². The number of hydrogen-bond donors (Lipinski definition) is 2. The highest BCUT2D eigenvalue weighted by Gasteiger charge is 2.32. The van der Waals surface area contributed by atoms with Gasteiger partial charge in [-0.05, 0) is 68.3 Å². The van der Waals surface area contributed by atoms with Gasteiger partial charge in [0.25, 0.3) is 0 Å². The van der Waals surface area contributed by atoms with Crippen molar-refractivity contribution in [1.82, 2.24) is 4.90 Å². The number of ether oxygens (including phenoxy) is 1. The molecule has 1 saturated heterocycles. The zero-order valence-electron chi connectivity index (χ0n) is 16.8. The third kappa shape index (κ3) is 4.91. The van der Waals surface area contributed by atoms with Crippen LogP contribution in [0.1, 0.15) is 19.8 Å². The molecule has 0 saturated carbocycles. The molecule has 9 heteroatoms. The SMILES string of the molecule is CCOc1ccc(N2C(N3CCCC3)=NC(N)=NC2Nc2ccc(Cl)cc2)cc1.Cl. The zero-order chi connectivity index (χ0) is 20.2. The first-order valence-electron chi connectivity index (χ1n) is 9.85. The van der Waals surface area contributed by atoms with Crippen molar-refractivity contribution in [3.05, 3.63) is 53.6 Å². The lowest BCUT2D eigenvalue weighted by Crippen LogP contribution is -2.54. The highest BCUT2D eigenvalue weighted by Crippen LogP contribution is 2.27. The molecular weight excluding hydrogens is 423 g/mol. The van der Waals surface area contributed by atoms with Gasteiger partial charge in [0.05, 0.1) is 6.61 Å². The second kappa shape index (κ2) is 9.91. The number of guanidine groups is 2. The molecule has 1 fully saturated rings. The lowest BCUT2D eigenvalue weighted by atomic mass is 10.2. The van der Waals surface area contributed by atoms with E-state index in [2.05, 4.69) is 25.1 Å². The maximum atomic E-state index is 6.09. The van der Waals surface area contributed by atoms with Crippen molar-refractivity contribution in [3.8, 4) is 5.75 Å². The van der Waals surface area contributed by atoms with E-state index in [0.29, 0.717) is 11.6 Å². The van der Waals surface area contributed by atoms with E-state index in [-0.39, 0.29) is 18.4 Å². The third-order valence-corrected chi connectivity index (χ3v) is 5.14. The van der Waals surface area contributed by atoms with Crippen molar-refractivity contribution < 1.29 is 4.74 Å². The summed E-state index contributed by atoms with van der Waals surface area (Å²) in [5.74, 6) is 1.91. The number of hydrogen-bond acceptors (Lipinski definition) is 7. The maximum Gasteiger partial charge on any atom is 0.222 e. The standard InChI is InChI=1S/C21H25ClN6O.ClH/c1-2-29-18-11-9-17(10-12-18)28-20(24-16-7-5-15(22)6-8-16)25-19(23)26-21(28)27-13-3-4-14-27;/h5-12,20,24H,2-4,13-14H2,1H3,(H2,23,25);1H. The molecule has 2 aliphatic rings. The molecule has 2 heterocycles. The van der Waals surface area contributed by atoms with E-state index in [9.17, 15) is 0 Å². The molecule has 2 aliphatic heterocycles. The second-order valence-corrected chi connectivity index (χ2v) is 7.35. The fourth-order valence-corrected chi connectivity index (χ4v) is 3.66. The quantitative estimate of drug-likeness (QED) is 0.718. The molecule has 2 aromatic carbocycles. The van der Waals surface area contributed by atoms with Crippen LogP contribution in [0, 0.1) is 0 Å². The minimum absolute atomic E-state index is 0. The number of nitrogens with one attached hydrogen (secondary N) is 1. The van der Waals surface area contributed by atoms with Crippen molar-refractivity contribution in [3.63, 3.8) is 0 Å². The van der Waals surface area contributed by atoms with Crippen LogP contribution in [0.5, 0.6) is 5.75 Å². The predicted molar refractivity (Wildman–Crippen MR) is 126 cm³/mol. The van der Waals surface area contributed by atoms with Gasteiger partial charge >= 0.3 is 0 Å². The molecule has 4 rings (SSSR count). The van der Waals surface area contributed by atoms with Gasteiger partial charge in [-0.3, -0.25) is 4.90 Å². The Morgan fingerprint density at radius 1 is 1.10 bits per heavy atom. The van der Waals surface area contributed by atoms with Crippen LogP contribution in [0.15, 0.2) is 58.5 Å². The number of benzene rings is 2. The van der Waals surface area contributed by atoms with Crippen LogP contribution in [0.25, 0.3) is 0 Å². The van der Waals surface area contributed by atoms with Crippen LogP contribution in [0.3, 0.4) is 0 Å². The molecule has 160 valence electrons. The van der Waals surface area contributed by atoms with Crippen molar-refractivity contribution >= 4 is 47.3 Å². The zero-order valence-corrected chi connectivity index (χ0v) is 18.4. The summed E-state index contributed by atoms with van der Waals surface area (Å²) >= 11 is 6.03. The Kier molecular flexibility index (Phi) is 7.29. The topological polar surface area (TPSA) is 78.5 Å². The minimum Gasteiger partial charge on any atom is -0.494 e. The predicted octanol–water partition coefficient (Wildman–Crippen LogP) is 4.14. The summed E-state index contributed by atoms with van der Waals surface area (Å²) in [6.07, 6.45) is 1.85. The summed E-state index contributed by atoms with van der Waals surface area (Å²) < 4.78 is 5.59. The van der Waals surface area contributed by atoms with Crippen LogP contribution in [-0.4, -0.2) is 42.8 Å². The van der Waals surface area contributed by atoms with Gasteiger partial charge in [-0.25, -0.2) is 4.99 Å². The van der Waals surface area contributed by atoms with E-state index < -0.39 is 6.29 Å². The Hall–Kier alpha value is -2.64. The van der Waals surface area contributed by atoms with E-state index in [0.717, 1.165) is 49.0 Å². The molecule has 1 atom stereocenters. The van der Waals surface area contributed by atoms with Gasteiger partial charge in [0, 0.05) is 29.5 Å². The molecule has 0 radical (unpaired) electrons. The molecule has 0 aliphatic carbocycles. The molecule has 3 N–H and O–H groups in total. The molecule has 0 aromatic heterocycles. The first kappa shape index (κ1) is 22.1. The van der Waals surface area contributed by atoms with E-state index in [1.54, 1.807) is 0 Å². The largest absolute Gasteiger partial charge is 0.494 e. The van der Waals surface area contributed by atoms with Gasteiger partial charge < -0.3 is 20.7 Å². The van der Waals surface area contributed by atoms with Gasteiger partial charge in [-0.2, -0.15) is 4.99 Å². The van der Waals surface area contributed by atoms with Gasteiger partial charge in [0.2, 0.25) is 18.2 Å². The average molecular weight is 449 g/mol. The number of anilines is 2. The molecule has 2 aromatic rings. The first-order valence-corrected chi connectivity index (χ1v) is 10.2. The summed E-state index contributed by atoms with van der Waals surface area (Å²) in [6.45, 7) is 4.51. The fraction of sp³-hybridized carbons (Fsp3) is 0.333. The highest BCUT2D eigenvalue weighted by molar-refractivity contribution is 6.30.